The molecule has 0 radical (unpaired) electrons. The Bertz CT molecular complexity index is 310. The molecule has 1 unspecified atom stereocenters. The minimum Gasteiger partial charge on any atom is -0.314 e. The molecule has 3 heteroatoms. The molecule has 1 atom stereocenters. The van der Waals surface area contributed by atoms with Crippen LogP contribution >= 0.6 is 11.6 Å². The summed E-state index contributed by atoms with van der Waals surface area (Å²) < 4.78 is 13.2. The molecular formula is C10H11ClFN. The van der Waals surface area contributed by atoms with E-state index in [1.165, 1.54) is 6.07 Å². The molecule has 1 nitrogen and oxygen atoms in total. The Kier molecular flexibility index (Phi) is 2.51. The van der Waals surface area contributed by atoms with Gasteiger partial charge in [-0.1, -0.05) is 11.6 Å². The minimum atomic E-state index is -0.155. The summed E-state index contributed by atoms with van der Waals surface area (Å²) in [7, 11) is 0. The van der Waals surface area contributed by atoms with Crippen molar-refractivity contribution in [1.29, 1.82) is 0 Å². The average Bonchev–Trinajstić information content (AvgIpc) is 2.03. The van der Waals surface area contributed by atoms with Crippen molar-refractivity contribution >= 4 is 11.6 Å². The van der Waals surface area contributed by atoms with E-state index in [-0.39, 0.29) is 5.82 Å². The van der Waals surface area contributed by atoms with Crippen molar-refractivity contribution < 1.29 is 4.39 Å². The Morgan fingerprint density at radius 1 is 1.54 bits per heavy atom. The van der Waals surface area contributed by atoms with Crippen molar-refractivity contribution in [2.75, 3.05) is 6.54 Å². The van der Waals surface area contributed by atoms with Crippen molar-refractivity contribution in [3.8, 4) is 0 Å². The third-order valence-electron chi connectivity index (χ3n) is 2.40. The van der Waals surface area contributed by atoms with Crippen LogP contribution in [0.2, 0.25) is 5.02 Å². The van der Waals surface area contributed by atoms with Crippen LogP contribution in [0.5, 0.6) is 0 Å². The summed E-state index contributed by atoms with van der Waals surface area (Å²) in [4.78, 5) is 0. The second kappa shape index (κ2) is 3.64. The molecule has 1 aliphatic heterocycles. The van der Waals surface area contributed by atoms with Gasteiger partial charge in [-0.15, -0.1) is 0 Å². The Morgan fingerprint density at radius 3 is 2.92 bits per heavy atom. The summed E-state index contributed by atoms with van der Waals surface area (Å²) >= 11 is 5.77. The molecular weight excluding hydrogens is 189 g/mol. The smallest absolute Gasteiger partial charge is 0.126 e. The molecule has 0 bridgehead atoms. The second-order valence-corrected chi connectivity index (χ2v) is 3.82. The van der Waals surface area contributed by atoms with Crippen molar-refractivity contribution in [3.05, 3.63) is 34.6 Å². The van der Waals surface area contributed by atoms with Gasteiger partial charge in [0.2, 0.25) is 0 Å². The van der Waals surface area contributed by atoms with E-state index in [1.54, 1.807) is 12.1 Å². The van der Waals surface area contributed by atoms with Gasteiger partial charge in [-0.3, -0.25) is 0 Å². The van der Waals surface area contributed by atoms with Crippen molar-refractivity contribution in [3.63, 3.8) is 0 Å². The van der Waals surface area contributed by atoms with Crippen LogP contribution in [0.1, 0.15) is 12.0 Å². The highest BCUT2D eigenvalue weighted by Crippen LogP contribution is 2.18. The van der Waals surface area contributed by atoms with Crippen LogP contribution in [-0.2, 0) is 6.42 Å². The van der Waals surface area contributed by atoms with Gasteiger partial charge in [-0.05, 0) is 43.1 Å². The van der Waals surface area contributed by atoms with Gasteiger partial charge in [0.1, 0.15) is 5.82 Å². The van der Waals surface area contributed by atoms with Crippen LogP contribution in [-0.4, -0.2) is 12.6 Å². The van der Waals surface area contributed by atoms with E-state index in [0.29, 0.717) is 16.6 Å². The largest absolute Gasteiger partial charge is 0.314 e. The number of hydrogen-bond acceptors (Lipinski definition) is 1. The molecule has 2 rings (SSSR count). The van der Waals surface area contributed by atoms with Gasteiger partial charge in [-0.2, -0.15) is 0 Å². The highest BCUT2D eigenvalue weighted by Gasteiger charge is 2.18. The summed E-state index contributed by atoms with van der Waals surface area (Å²) in [5.74, 6) is -0.155. The molecule has 70 valence electrons. The maximum absolute atomic E-state index is 13.2. The quantitative estimate of drug-likeness (QED) is 0.771. The molecule has 0 amide bonds. The van der Waals surface area contributed by atoms with Gasteiger partial charge < -0.3 is 5.32 Å². The molecule has 1 heterocycles. The number of halogens is 2. The molecule has 0 spiro atoms. The zero-order chi connectivity index (χ0) is 9.26. The summed E-state index contributed by atoms with van der Waals surface area (Å²) in [5.41, 5.74) is 0.713. The van der Waals surface area contributed by atoms with E-state index in [1.807, 2.05) is 0 Å². The van der Waals surface area contributed by atoms with E-state index >= 15 is 0 Å². The summed E-state index contributed by atoms with van der Waals surface area (Å²) in [6.07, 6.45) is 1.87. The van der Waals surface area contributed by atoms with Gasteiger partial charge in [0.15, 0.2) is 0 Å². The molecule has 1 aromatic rings. The minimum absolute atomic E-state index is 0.155. The number of benzene rings is 1. The molecule has 0 aromatic heterocycles. The molecule has 1 aliphatic rings. The maximum Gasteiger partial charge on any atom is 0.126 e. The Morgan fingerprint density at radius 2 is 2.31 bits per heavy atom. The third kappa shape index (κ3) is 2.01. The number of nitrogens with one attached hydrogen (secondary N) is 1. The SMILES string of the molecule is Fc1ccc(Cl)cc1CC1CCN1. The fraction of sp³-hybridized carbons (Fsp3) is 0.400. The van der Waals surface area contributed by atoms with E-state index in [4.69, 9.17) is 11.6 Å². The Labute approximate surface area is 81.9 Å². The summed E-state index contributed by atoms with van der Waals surface area (Å²) in [5, 5.41) is 3.84. The van der Waals surface area contributed by atoms with E-state index in [0.717, 1.165) is 19.4 Å². The molecule has 1 saturated heterocycles. The van der Waals surface area contributed by atoms with Crippen LogP contribution in [0.4, 0.5) is 4.39 Å². The highest BCUT2D eigenvalue weighted by molar-refractivity contribution is 6.30. The fourth-order valence-corrected chi connectivity index (χ4v) is 1.68. The standard InChI is InChI=1S/C10H11ClFN/c11-8-1-2-10(12)7(5-8)6-9-3-4-13-9/h1-2,5,9,13H,3-4,6H2. The van der Waals surface area contributed by atoms with Crippen LogP contribution in [0, 0.1) is 5.82 Å². The van der Waals surface area contributed by atoms with Crippen molar-refractivity contribution in [2.45, 2.75) is 18.9 Å². The third-order valence-corrected chi connectivity index (χ3v) is 2.63. The van der Waals surface area contributed by atoms with Crippen LogP contribution in [0.15, 0.2) is 18.2 Å². The topological polar surface area (TPSA) is 12.0 Å². The molecule has 1 fully saturated rings. The zero-order valence-corrected chi connectivity index (χ0v) is 7.94. The number of rotatable bonds is 2. The first kappa shape index (κ1) is 8.97. The Balaban J connectivity index is 2.13. The van der Waals surface area contributed by atoms with Crippen LogP contribution in [0.3, 0.4) is 0 Å². The van der Waals surface area contributed by atoms with Gasteiger partial charge >= 0.3 is 0 Å². The second-order valence-electron chi connectivity index (χ2n) is 3.38. The first-order valence-electron chi connectivity index (χ1n) is 4.43. The lowest BCUT2D eigenvalue weighted by Crippen LogP contribution is -2.44. The first-order chi connectivity index (χ1) is 6.25. The van der Waals surface area contributed by atoms with Gasteiger partial charge in [0, 0.05) is 11.1 Å². The summed E-state index contributed by atoms with van der Waals surface area (Å²) in [6.45, 7) is 1.05. The molecule has 1 aromatic carbocycles. The lowest BCUT2D eigenvalue weighted by Gasteiger charge is -2.27. The maximum atomic E-state index is 13.2. The van der Waals surface area contributed by atoms with E-state index in [2.05, 4.69) is 5.32 Å². The van der Waals surface area contributed by atoms with E-state index in [9.17, 15) is 4.39 Å². The Hall–Kier alpha value is -0.600. The van der Waals surface area contributed by atoms with E-state index < -0.39 is 0 Å². The lowest BCUT2D eigenvalue weighted by atomic mass is 9.98. The first-order valence-corrected chi connectivity index (χ1v) is 4.81. The van der Waals surface area contributed by atoms with Crippen molar-refractivity contribution in [2.24, 2.45) is 0 Å². The monoisotopic (exact) mass is 199 g/mol. The van der Waals surface area contributed by atoms with Gasteiger partial charge in [0.05, 0.1) is 0 Å². The van der Waals surface area contributed by atoms with Gasteiger partial charge in [-0.25, -0.2) is 4.39 Å². The van der Waals surface area contributed by atoms with Crippen molar-refractivity contribution in [1.82, 2.24) is 5.32 Å². The predicted octanol–water partition coefficient (Wildman–Crippen LogP) is 2.38. The summed E-state index contributed by atoms with van der Waals surface area (Å²) in [6, 6.07) is 5.15. The van der Waals surface area contributed by atoms with Crippen LogP contribution < -0.4 is 5.32 Å². The fourth-order valence-electron chi connectivity index (χ4n) is 1.49. The molecule has 13 heavy (non-hydrogen) atoms. The zero-order valence-electron chi connectivity index (χ0n) is 7.19. The molecule has 0 saturated carbocycles. The molecule has 1 N–H and O–H groups in total. The normalized spacial score (nSPS) is 21.2. The van der Waals surface area contributed by atoms with Gasteiger partial charge in [0.25, 0.3) is 0 Å². The predicted molar refractivity (Wildman–Crippen MR) is 51.5 cm³/mol. The highest BCUT2D eigenvalue weighted by atomic mass is 35.5. The average molecular weight is 200 g/mol. The number of hydrogen-bond donors (Lipinski definition) is 1. The molecule has 0 aliphatic carbocycles. The van der Waals surface area contributed by atoms with Crippen LogP contribution in [0.25, 0.3) is 0 Å². The lowest BCUT2D eigenvalue weighted by molar-refractivity contribution is 0.365.